The second kappa shape index (κ2) is 15.2. The summed E-state index contributed by atoms with van der Waals surface area (Å²) in [6, 6.07) is 16.0. The van der Waals surface area contributed by atoms with Crippen molar-refractivity contribution in [1.82, 2.24) is 5.32 Å². The number of nitrogens with one attached hydrogen (secondary N) is 1. The Morgan fingerprint density at radius 2 is 1.78 bits per heavy atom. The lowest BCUT2D eigenvalue weighted by Gasteiger charge is -2.26. The van der Waals surface area contributed by atoms with E-state index in [9.17, 15) is 14.7 Å². The summed E-state index contributed by atoms with van der Waals surface area (Å²) in [6.45, 7) is 9.96. The smallest absolute Gasteiger partial charge is 0.419 e. The van der Waals surface area contributed by atoms with E-state index in [1.165, 1.54) is 17.0 Å². The van der Waals surface area contributed by atoms with Crippen molar-refractivity contribution in [2.45, 2.75) is 45.8 Å². The average molecular weight is 621 g/mol. The number of methoxy groups -OCH3 is 1. The quantitative estimate of drug-likeness (QED) is 0.165. The SMILES string of the molecule is C=CCOC(=O)N(c1ccc2c(c1)OCO2)c1cc(O)c(CCOCc2ccc(OC)cc2)cc1CCNC(=O)OC(C)(C)C. The van der Waals surface area contributed by atoms with E-state index in [0.717, 1.165) is 11.3 Å². The van der Waals surface area contributed by atoms with Crippen LogP contribution in [0, 0.1) is 0 Å². The van der Waals surface area contributed by atoms with Crippen LogP contribution in [0.25, 0.3) is 0 Å². The Bertz CT molecular complexity index is 1480. The maximum absolute atomic E-state index is 13.5. The van der Waals surface area contributed by atoms with Gasteiger partial charge in [-0.15, -0.1) is 0 Å². The van der Waals surface area contributed by atoms with Crippen molar-refractivity contribution in [2.75, 3.05) is 38.6 Å². The van der Waals surface area contributed by atoms with E-state index in [0.29, 0.717) is 60.1 Å². The molecular formula is C34H40N2O9. The van der Waals surface area contributed by atoms with Gasteiger partial charge in [-0.3, -0.25) is 0 Å². The number of fused-ring (bicyclic) bond motifs is 1. The first-order chi connectivity index (χ1) is 21.6. The highest BCUT2D eigenvalue weighted by Gasteiger charge is 2.26. The van der Waals surface area contributed by atoms with Gasteiger partial charge in [0.05, 0.1) is 31.7 Å². The van der Waals surface area contributed by atoms with Gasteiger partial charge in [0.1, 0.15) is 23.7 Å². The van der Waals surface area contributed by atoms with E-state index in [2.05, 4.69) is 11.9 Å². The molecule has 0 atom stereocenters. The lowest BCUT2D eigenvalue weighted by atomic mass is 10.0. The summed E-state index contributed by atoms with van der Waals surface area (Å²) in [5.41, 5.74) is 2.42. The Hall–Kier alpha value is -4.90. The third-order valence-electron chi connectivity index (χ3n) is 6.65. The predicted molar refractivity (Wildman–Crippen MR) is 169 cm³/mol. The number of rotatable bonds is 13. The van der Waals surface area contributed by atoms with Gasteiger partial charge in [-0.05, 0) is 80.6 Å². The van der Waals surface area contributed by atoms with Gasteiger partial charge in [0, 0.05) is 18.7 Å². The molecule has 4 rings (SSSR count). The van der Waals surface area contributed by atoms with Crippen LogP contribution in [0.2, 0.25) is 0 Å². The van der Waals surface area contributed by atoms with Crippen molar-refractivity contribution in [2.24, 2.45) is 0 Å². The number of phenolic OH excluding ortho intramolecular Hbond substituents is 1. The van der Waals surface area contributed by atoms with Crippen molar-refractivity contribution < 1.29 is 43.1 Å². The van der Waals surface area contributed by atoms with E-state index >= 15 is 0 Å². The molecule has 0 saturated heterocycles. The molecule has 1 heterocycles. The predicted octanol–water partition coefficient (Wildman–Crippen LogP) is 6.42. The molecule has 0 aromatic heterocycles. The normalized spacial score (nSPS) is 11.9. The zero-order chi connectivity index (χ0) is 32.4. The van der Waals surface area contributed by atoms with Gasteiger partial charge in [0.15, 0.2) is 11.5 Å². The molecule has 11 nitrogen and oxygen atoms in total. The number of carbonyl (C=O) groups is 2. The number of benzene rings is 3. The average Bonchev–Trinajstić information content (AvgIpc) is 3.47. The van der Waals surface area contributed by atoms with Crippen LogP contribution in [0.3, 0.4) is 0 Å². The van der Waals surface area contributed by atoms with Gasteiger partial charge in [-0.1, -0.05) is 24.8 Å². The topological polar surface area (TPSA) is 125 Å². The number of ether oxygens (including phenoxy) is 6. The Balaban J connectivity index is 1.60. The van der Waals surface area contributed by atoms with Gasteiger partial charge in [0.25, 0.3) is 0 Å². The molecule has 0 unspecified atom stereocenters. The molecule has 3 aromatic carbocycles. The van der Waals surface area contributed by atoms with Crippen LogP contribution in [-0.4, -0.2) is 56.6 Å². The van der Waals surface area contributed by atoms with Crippen LogP contribution >= 0.6 is 0 Å². The molecule has 0 fully saturated rings. The molecule has 0 bridgehead atoms. The number of nitrogens with zero attached hydrogens (tertiary/aromatic N) is 1. The molecule has 0 spiro atoms. The van der Waals surface area contributed by atoms with Crippen molar-refractivity contribution in [3.63, 3.8) is 0 Å². The van der Waals surface area contributed by atoms with Crippen molar-refractivity contribution >= 4 is 23.6 Å². The van der Waals surface area contributed by atoms with Crippen molar-refractivity contribution in [1.29, 1.82) is 0 Å². The van der Waals surface area contributed by atoms with Gasteiger partial charge >= 0.3 is 12.2 Å². The lowest BCUT2D eigenvalue weighted by molar-refractivity contribution is 0.0528. The maximum atomic E-state index is 13.5. The highest BCUT2D eigenvalue weighted by atomic mass is 16.7. The molecule has 2 N–H and O–H groups in total. The summed E-state index contributed by atoms with van der Waals surface area (Å²) in [5.74, 6) is 1.76. The van der Waals surface area contributed by atoms with Crippen LogP contribution in [0.1, 0.15) is 37.5 Å². The summed E-state index contributed by atoms with van der Waals surface area (Å²) < 4.78 is 32.9. The fourth-order valence-electron chi connectivity index (χ4n) is 4.55. The Kier molecular flexibility index (Phi) is 11.2. The molecule has 1 aliphatic rings. The number of hydrogen-bond donors (Lipinski definition) is 2. The Morgan fingerprint density at radius 1 is 1.02 bits per heavy atom. The van der Waals surface area contributed by atoms with Gasteiger partial charge in [-0.25, -0.2) is 14.5 Å². The summed E-state index contributed by atoms with van der Waals surface area (Å²) in [7, 11) is 1.61. The zero-order valence-electron chi connectivity index (χ0n) is 26.1. The number of hydrogen-bond acceptors (Lipinski definition) is 9. The molecule has 0 radical (unpaired) electrons. The zero-order valence-corrected chi connectivity index (χ0v) is 26.1. The van der Waals surface area contributed by atoms with Crippen LogP contribution in [0.5, 0.6) is 23.0 Å². The lowest BCUT2D eigenvalue weighted by Crippen LogP contribution is -2.34. The van der Waals surface area contributed by atoms with E-state index in [-0.39, 0.29) is 25.7 Å². The summed E-state index contributed by atoms with van der Waals surface area (Å²) >= 11 is 0. The van der Waals surface area contributed by atoms with E-state index < -0.39 is 17.8 Å². The fourth-order valence-corrected chi connectivity index (χ4v) is 4.55. The number of phenols is 1. The second-order valence-electron chi connectivity index (χ2n) is 11.2. The third-order valence-corrected chi connectivity index (χ3v) is 6.65. The Morgan fingerprint density at radius 3 is 2.49 bits per heavy atom. The standard InChI is InChI=1S/C34H40N2O9/c1-6-16-42-33(39)36(26-9-12-30-31(19-26)44-22-43-30)28-20-29(37)25(14-17-41-21-23-7-10-27(40-5)11-8-23)18-24(28)13-15-35-32(38)45-34(2,3)4/h6-12,18-20,37H,1,13-17,21-22H2,2-5H3,(H,35,38). The minimum absolute atomic E-state index is 0.0228. The maximum Gasteiger partial charge on any atom is 0.419 e. The third kappa shape index (κ3) is 9.29. The molecule has 11 heteroatoms. The van der Waals surface area contributed by atoms with E-state index in [1.54, 1.807) is 52.1 Å². The largest absolute Gasteiger partial charge is 0.508 e. The number of carbonyl (C=O) groups excluding carboxylic acids is 2. The molecule has 2 amide bonds. The highest BCUT2D eigenvalue weighted by Crippen LogP contribution is 2.40. The van der Waals surface area contributed by atoms with Gasteiger partial charge < -0.3 is 38.8 Å². The molecular weight excluding hydrogens is 580 g/mol. The van der Waals surface area contributed by atoms with Gasteiger partial charge in [0.2, 0.25) is 6.79 Å². The van der Waals surface area contributed by atoms with E-state index in [4.69, 9.17) is 28.4 Å². The highest BCUT2D eigenvalue weighted by molar-refractivity contribution is 5.97. The molecule has 3 aromatic rings. The number of anilines is 2. The summed E-state index contributed by atoms with van der Waals surface area (Å²) in [5, 5.41) is 13.9. The van der Waals surface area contributed by atoms with E-state index in [1.807, 2.05) is 24.3 Å². The number of alkyl carbamates (subject to hydrolysis) is 1. The Labute approximate surface area is 263 Å². The molecule has 0 saturated carbocycles. The first kappa shape index (κ1) is 33.0. The second-order valence-corrected chi connectivity index (χ2v) is 11.2. The van der Waals surface area contributed by atoms with Crippen molar-refractivity contribution in [3.8, 4) is 23.0 Å². The van der Waals surface area contributed by atoms with Crippen LogP contribution in [-0.2, 0) is 33.7 Å². The fraction of sp³-hybridized carbons (Fsp3) is 0.353. The molecule has 1 aliphatic heterocycles. The minimum atomic E-state index is -0.690. The first-order valence-corrected chi connectivity index (χ1v) is 14.6. The summed E-state index contributed by atoms with van der Waals surface area (Å²) in [4.78, 5) is 27.2. The minimum Gasteiger partial charge on any atom is -0.508 e. The van der Waals surface area contributed by atoms with Crippen LogP contribution in [0.15, 0.2) is 67.3 Å². The van der Waals surface area contributed by atoms with Crippen LogP contribution < -0.4 is 24.4 Å². The first-order valence-electron chi connectivity index (χ1n) is 14.6. The van der Waals surface area contributed by atoms with Gasteiger partial charge in [-0.2, -0.15) is 0 Å². The molecule has 0 aliphatic carbocycles. The van der Waals surface area contributed by atoms with Crippen molar-refractivity contribution in [3.05, 3.63) is 83.9 Å². The molecule has 240 valence electrons. The molecule has 45 heavy (non-hydrogen) atoms. The summed E-state index contributed by atoms with van der Waals surface area (Å²) in [6.07, 6.45) is 0.927. The number of aromatic hydroxyl groups is 1. The number of amides is 2. The monoisotopic (exact) mass is 620 g/mol. The van der Waals surface area contributed by atoms with Crippen LogP contribution in [0.4, 0.5) is 21.0 Å².